The fourth-order valence-corrected chi connectivity index (χ4v) is 4.76. The summed E-state index contributed by atoms with van der Waals surface area (Å²) in [5.74, 6) is -2.62. The molecule has 3 rings (SSSR count). The number of benzene rings is 1. The molecule has 6 nitrogen and oxygen atoms in total. The van der Waals surface area contributed by atoms with Gasteiger partial charge in [0.05, 0.1) is 4.90 Å². The van der Waals surface area contributed by atoms with E-state index < -0.39 is 21.7 Å². The van der Waals surface area contributed by atoms with Gasteiger partial charge in [-0.15, -0.1) is 0 Å². The second-order valence-corrected chi connectivity index (χ2v) is 8.74. The Morgan fingerprint density at radius 2 is 1.79 bits per heavy atom. The molecular weight excluding hydrogens is 388 g/mol. The van der Waals surface area contributed by atoms with Gasteiger partial charge in [0.1, 0.15) is 0 Å². The Hall–Kier alpha value is -2.39. The van der Waals surface area contributed by atoms with Crippen molar-refractivity contribution in [3.8, 4) is 0 Å². The van der Waals surface area contributed by atoms with E-state index in [1.165, 1.54) is 4.31 Å². The van der Waals surface area contributed by atoms with Crippen LogP contribution in [0.25, 0.3) is 0 Å². The Kier molecular flexibility index (Phi) is 6.04. The molecule has 2 heterocycles. The topological polar surface area (TPSA) is 70.6 Å². The van der Waals surface area contributed by atoms with Gasteiger partial charge in [0.2, 0.25) is 15.9 Å². The minimum Gasteiger partial charge on any atom is -0.341 e. The van der Waals surface area contributed by atoms with E-state index in [1.54, 1.807) is 24.3 Å². The average molecular weight is 409 g/mol. The quantitative estimate of drug-likeness (QED) is 0.761. The molecule has 1 fully saturated rings. The zero-order valence-electron chi connectivity index (χ0n) is 15.4. The lowest BCUT2D eigenvalue weighted by Gasteiger charge is -2.32. The number of hydrogen-bond donors (Lipinski definition) is 0. The Labute approximate surface area is 162 Å². The van der Waals surface area contributed by atoms with Gasteiger partial charge >= 0.3 is 0 Å². The van der Waals surface area contributed by atoms with Crippen LogP contribution in [0.5, 0.6) is 0 Å². The van der Waals surface area contributed by atoms with Crippen LogP contribution in [0.15, 0.2) is 47.6 Å². The van der Waals surface area contributed by atoms with E-state index in [1.807, 2.05) is 12.1 Å². The molecule has 0 bridgehead atoms. The molecule has 28 heavy (non-hydrogen) atoms. The second kappa shape index (κ2) is 8.32. The van der Waals surface area contributed by atoms with Gasteiger partial charge in [0.25, 0.3) is 0 Å². The average Bonchev–Trinajstić information content (AvgIpc) is 2.70. The lowest BCUT2D eigenvalue weighted by molar-refractivity contribution is -0.135. The van der Waals surface area contributed by atoms with Gasteiger partial charge in [-0.1, -0.05) is 0 Å². The predicted molar refractivity (Wildman–Crippen MR) is 98.6 cm³/mol. The fourth-order valence-electron chi connectivity index (χ4n) is 3.28. The van der Waals surface area contributed by atoms with Crippen LogP contribution in [0.4, 0.5) is 8.78 Å². The van der Waals surface area contributed by atoms with E-state index >= 15 is 0 Å². The van der Waals surface area contributed by atoms with E-state index in [-0.39, 0.29) is 29.8 Å². The van der Waals surface area contributed by atoms with Crippen molar-refractivity contribution in [2.45, 2.75) is 24.3 Å². The number of rotatable bonds is 5. The number of carbonyl (C=O) groups excluding carboxylic acids is 1. The molecule has 1 saturated heterocycles. The van der Waals surface area contributed by atoms with Gasteiger partial charge in [-0.05, 0) is 48.7 Å². The Bertz CT molecular complexity index is 946. The molecule has 0 unspecified atom stereocenters. The van der Waals surface area contributed by atoms with Crippen molar-refractivity contribution in [1.82, 2.24) is 14.2 Å². The molecule has 0 atom stereocenters. The summed E-state index contributed by atoms with van der Waals surface area (Å²) in [4.78, 5) is 17.9. The number of nitrogens with zero attached hydrogens (tertiary/aromatic N) is 3. The maximum Gasteiger partial charge on any atom is 0.243 e. The Morgan fingerprint density at radius 3 is 2.39 bits per heavy atom. The molecule has 9 heteroatoms. The highest BCUT2D eigenvalue weighted by Crippen LogP contribution is 2.26. The lowest BCUT2D eigenvalue weighted by Crippen LogP contribution is -2.43. The van der Waals surface area contributed by atoms with Crippen molar-refractivity contribution >= 4 is 15.9 Å². The highest BCUT2D eigenvalue weighted by molar-refractivity contribution is 7.89. The van der Waals surface area contributed by atoms with E-state index in [4.69, 9.17) is 0 Å². The lowest BCUT2D eigenvalue weighted by atomic mass is 9.96. The zero-order valence-corrected chi connectivity index (χ0v) is 16.2. The molecule has 1 aromatic carbocycles. The summed E-state index contributed by atoms with van der Waals surface area (Å²) in [6.07, 6.45) is 4.08. The van der Waals surface area contributed by atoms with E-state index in [9.17, 15) is 22.0 Å². The first-order valence-electron chi connectivity index (χ1n) is 8.88. The molecule has 1 aliphatic heterocycles. The van der Waals surface area contributed by atoms with E-state index in [2.05, 4.69) is 4.98 Å². The molecule has 0 saturated carbocycles. The summed E-state index contributed by atoms with van der Waals surface area (Å²) in [5.41, 5.74) is 0.962. The number of halogens is 2. The third-order valence-corrected chi connectivity index (χ3v) is 6.77. The maximum atomic E-state index is 13.4. The number of amides is 1. The first-order valence-corrected chi connectivity index (χ1v) is 10.3. The molecule has 0 aliphatic carbocycles. The fraction of sp³-hybridized carbons (Fsp3) is 0.368. The molecule has 150 valence electrons. The summed E-state index contributed by atoms with van der Waals surface area (Å²) in [6, 6.07) is 6.20. The maximum absolute atomic E-state index is 13.4. The largest absolute Gasteiger partial charge is 0.341 e. The van der Waals surface area contributed by atoms with Gasteiger partial charge in [-0.25, -0.2) is 17.2 Å². The van der Waals surface area contributed by atoms with Gasteiger partial charge in [-0.2, -0.15) is 4.31 Å². The van der Waals surface area contributed by atoms with Gasteiger partial charge in [0.15, 0.2) is 11.6 Å². The summed E-state index contributed by atoms with van der Waals surface area (Å²) >= 11 is 0. The molecule has 0 spiro atoms. The highest BCUT2D eigenvalue weighted by atomic mass is 32.2. The van der Waals surface area contributed by atoms with Crippen molar-refractivity contribution in [1.29, 1.82) is 0 Å². The summed E-state index contributed by atoms with van der Waals surface area (Å²) < 4.78 is 53.0. The summed E-state index contributed by atoms with van der Waals surface area (Å²) in [7, 11) is -2.21. The normalized spacial score (nSPS) is 16.1. The van der Waals surface area contributed by atoms with Crippen LogP contribution in [0.1, 0.15) is 18.4 Å². The zero-order chi connectivity index (χ0) is 20.3. The van der Waals surface area contributed by atoms with Crippen LogP contribution in [-0.2, 0) is 21.4 Å². The first-order chi connectivity index (χ1) is 13.3. The predicted octanol–water partition coefficient (Wildman–Crippen LogP) is 2.42. The number of hydrogen-bond acceptors (Lipinski definition) is 4. The Balaban J connectivity index is 1.61. The van der Waals surface area contributed by atoms with E-state index in [0.717, 1.165) is 17.7 Å². The number of aromatic nitrogens is 1. The number of piperidine rings is 1. The standard InChI is InChI=1S/C19H21F2N3O3S/c1-23(13-14-4-8-22-9-5-14)19(25)15-6-10-24(11-7-15)28(26,27)16-2-3-17(20)18(21)12-16/h2-5,8-9,12,15H,6-7,10-11,13H2,1H3. The van der Waals surface area contributed by atoms with Gasteiger partial charge in [-0.3, -0.25) is 9.78 Å². The van der Waals surface area contributed by atoms with E-state index in [0.29, 0.717) is 25.5 Å². The minimum atomic E-state index is -3.92. The molecule has 2 aromatic rings. The SMILES string of the molecule is CN(Cc1ccncc1)C(=O)C1CCN(S(=O)(=O)c2ccc(F)c(F)c2)CC1. The second-order valence-electron chi connectivity index (χ2n) is 6.80. The van der Waals surface area contributed by atoms with Crippen molar-refractivity contribution in [3.63, 3.8) is 0 Å². The monoisotopic (exact) mass is 409 g/mol. The number of carbonyl (C=O) groups is 1. The van der Waals surface area contributed by atoms with Crippen LogP contribution in [0.2, 0.25) is 0 Å². The Morgan fingerprint density at radius 1 is 1.14 bits per heavy atom. The third kappa shape index (κ3) is 4.36. The number of pyridine rings is 1. The van der Waals surface area contributed by atoms with Gasteiger partial charge < -0.3 is 4.90 Å². The van der Waals surface area contributed by atoms with Gasteiger partial charge in [0, 0.05) is 45.0 Å². The van der Waals surface area contributed by atoms with Crippen molar-refractivity contribution in [2.75, 3.05) is 20.1 Å². The molecule has 0 N–H and O–H groups in total. The van der Waals surface area contributed by atoms with Crippen LogP contribution < -0.4 is 0 Å². The molecule has 0 radical (unpaired) electrons. The molecule has 1 aromatic heterocycles. The highest BCUT2D eigenvalue weighted by Gasteiger charge is 2.33. The first kappa shape index (κ1) is 20.3. The molecule has 1 amide bonds. The summed E-state index contributed by atoms with van der Waals surface area (Å²) in [5, 5.41) is 0. The molecular formula is C19H21F2N3O3S. The smallest absolute Gasteiger partial charge is 0.243 e. The molecule has 1 aliphatic rings. The minimum absolute atomic E-state index is 0.0401. The van der Waals surface area contributed by atoms with Crippen molar-refractivity contribution < 1.29 is 22.0 Å². The van der Waals surface area contributed by atoms with Crippen molar-refractivity contribution in [3.05, 3.63) is 59.9 Å². The number of sulfonamides is 1. The van der Waals surface area contributed by atoms with Crippen LogP contribution in [0.3, 0.4) is 0 Å². The van der Waals surface area contributed by atoms with Crippen LogP contribution in [-0.4, -0.2) is 48.7 Å². The van der Waals surface area contributed by atoms with Crippen LogP contribution >= 0.6 is 0 Å². The van der Waals surface area contributed by atoms with Crippen LogP contribution in [0, 0.1) is 17.6 Å². The summed E-state index contributed by atoms with van der Waals surface area (Å²) in [6.45, 7) is 0.760. The van der Waals surface area contributed by atoms with Crippen molar-refractivity contribution in [2.24, 2.45) is 5.92 Å². The third-order valence-electron chi connectivity index (χ3n) is 4.88.